The third-order valence-electron chi connectivity index (χ3n) is 15.1. The van der Waals surface area contributed by atoms with Crippen molar-refractivity contribution in [1.82, 2.24) is 9.80 Å². The second-order valence-electron chi connectivity index (χ2n) is 22.5. The van der Waals surface area contributed by atoms with Gasteiger partial charge in [0, 0.05) is 44.1 Å². The van der Waals surface area contributed by atoms with Crippen LogP contribution in [0.3, 0.4) is 0 Å². The van der Waals surface area contributed by atoms with E-state index in [0.29, 0.717) is 64.2 Å². The molecule has 1 unspecified atom stereocenters. The minimum atomic E-state index is -0.633. The third-order valence-corrected chi connectivity index (χ3v) is 15.1. The van der Waals surface area contributed by atoms with Crippen LogP contribution in [0.1, 0.15) is 265 Å². The minimum Gasteiger partial charge on any atom is -0.465 e. The second-order valence-corrected chi connectivity index (χ2v) is 22.5. The highest BCUT2D eigenvalue weighted by molar-refractivity contribution is 5.73. The molecule has 0 aromatic carbocycles. The first-order valence-electron chi connectivity index (χ1n) is 31.5. The highest BCUT2D eigenvalue weighted by Gasteiger charge is 2.37. The summed E-state index contributed by atoms with van der Waals surface area (Å²) >= 11 is 0. The van der Waals surface area contributed by atoms with E-state index in [9.17, 15) is 33.6 Å². The Morgan fingerprint density at radius 1 is 0.385 bits per heavy atom. The van der Waals surface area contributed by atoms with Crippen molar-refractivity contribution in [2.24, 2.45) is 11.8 Å². The zero-order valence-electron chi connectivity index (χ0n) is 49.8. The fourth-order valence-corrected chi connectivity index (χ4v) is 10.1. The molecule has 0 aromatic rings. The molecule has 0 aliphatic carbocycles. The van der Waals surface area contributed by atoms with E-state index in [4.69, 9.17) is 33.2 Å². The van der Waals surface area contributed by atoms with E-state index in [0.717, 1.165) is 122 Å². The Morgan fingerprint density at radius 3 is 1.06 bits per heavy atom. The summed E-state index contributed by atoms with van der Waals surface area (Å²) in [5, 5.41) is 0. The van der Waals surface area contributed by atoms with Crippen LogP contribution in [-0.4, -0.2) is 130 Å². The van der Waals surface area contributed by atoms with Crippen LogP contribution in [-0.2, 0) is 61.9 Å². The van der Waals surface area contributed by atoms with Crippen LogP contribution in [0.2, 0.25) is 0 Å². The van der Waals surface area contributed by atoms with Crippen molar-refractivity contribution in [2.45, 2.75) is 283 Å². The monoisotopic (exact) mass is 1110 g/mol. The number of amides is 1. The summed E-state index contributed by atoms with van der Waals surface area (Å²) < 4.78 is 40.7. The average Bonchev–Trinajstić information content (AvgIpc) is 3.78. The fourth-order valence-electron chi connectivity index (χ4n) is 10.1. The van der Waals surface area contributed by atoms with Crippen LogP contribution in [0.5, 0.6) is 0 Å². The SMILES string of the molecule is CCCCCCCCC(=O)OCC(COC(=O)CCCCCCCC)CC(=O)OC[C@@H]1CCCC[C@@H](COC(=O)CC(COC(=O)CCCCCCCC)COC(=O)CCCCCCCC)N1C(=O)OC1CCCN(C)CC1. The Labute approximate surface area is 471 Å². The lowest BCUT2D eigenvalue weighted by atomic mass is 10.1. The van der Waals surface area contributed by atoms with E-state index in [1.807, 2.05) is 7.05 Å². The molecule has 16 nitrogen and oxygen atoms in total. The van der Waals surface area contributed by atoms with Crippen molar-refractivity contribution in [3.05, 3.63) is 0 Å². The van der Waals surface area contributed by atoms with Gasteiger partial charge in [0.2, 0.25) is 0 Å². The van der Waals surface area contributed by atoms with E-state index < -0.39 is 42.0 Å². The van der Waals surface area contributed by atoms with Crippen molar-refractivity contribution in [2.75, 3.05) is 59.8 Å². The predicted molar refractivity (Wildman–Crippen MR) is 303 cm³/mol. The first-order valence-corrected chi connectivity index (χ1v) is 31.5. The molecule has 0 bridgehead atoms. The van der Waals surface area contributed by atoms with Gasteiger partial charge in [0.1, 0.15) is 19.3 Å². The van der Waals surface area contributed by atoms with Gasteiger partial charge < -0.3 is 38.1 Å². The molecule has 1 amide bonds. The molecule has 16 heteroatoms. The largest absolute Gasteiger partial charge is 0.465 e. The van der Waals surface area contributed by atoms with E-state index in [1.165, 1.54) is 25.7 Å². The van der Waals surface area contributed by atoms with Crippen molar-refractivity contribution in [3.8, 4) is 0 Å². The topological polar surface area (TPSA) is 191 Å². The van der Waals surface area contributed by atoms with E-state index in [1.54, 1.807) is 4.90 Å². The van der Waals surface area contributed by atoms with Gasteiger partial charge in [-0.15, -0.1) is 0 Å². The number of hydrogen-bond donors (Lipinski definition) is 0. The molecule has 2 fully saturated rings. The highest BCUT2D eigenvalue weighted by Crippen LogP contribution is 2.27. The summed E-state index contributed by atoms with van der Waals surface area (Å²) in [7, 11) is 2.05. The lowest BCUT2D eigenvalue weighted by Gasteiger charge is -2.36. The molecule has 2 saturated heterocycles. The summed E-state index contributed by atoms with van der Waals surface area (Å²) in [4.78, 5) is 97.0. The number of unbranched alkanes of at least 4 members (excludes halogenated alkanes) is 20. The maximum absolute atomic E-state index is 14.5. The maximum Gasteiger partial charge on any atom is 0.410 e. The highest BCUT2D eigenvalue weighted by atomic mass is 16.6. The summed E-state index contributed by atoms with van der Waals surface area (Å²) in [5.74, 6) is -3.87. The Morgan fingerprint density at radius 2 is 0.718 bits per heavy atom. The second kappa shape index (κ2) is 46.8. The fraction of sp³-hybridized carbons (Fsp3) is 0.887. The van der Waals surface area contributed by atoms with Crippen LogP contribution in [0.25, 0.3) is 0 Å². The van der Waals surface area contributed by atoms with Gasteiger partial charge in [0.15, 0.2) is 0 Å². The quantitative estimate of drug-likeness (QED) is 0.0318. The van der Waals surface area contributed by atoms with Gasteiger partial charge in [0.25, 0.3) is 0 Å². The van der Waals surface area contributed by atoms with Gasteiger partial charge in [-0.05, 0) is 71.4 Å². The number of carbonyl (C=O) groups is 7. The molecule has 78 heavy (non-hydrogen) atoms. The van der Waals surface area contributed by atoms with Crippen molar-refractivity contribution >= 4 is 41.9 Å². The van der Waals surface area contributed by atoms with Crippen molar-refractivity contribution in [3.63, 3.8) is 0 Å². The van der Waals surface area contributed by atoms with E-state index in [-0.39, 0.29) is 108 Å². The third kappa shape index (κ3) is 36.3. The zero-order valence-corrected chi connectivity index (χ0v) is 49.8. The maximum atomic E-state index is 14.5. The van der Waals surface area contributed by atoms with Gasteiger partial charge >= 0.3 is 41.9 Å². The van der Waals surface area contributed by atoms with Gasteiger partial charge in [-0.2, -0.15) is 0 Å². The lowest BCUT2D eigenvalue weighted by molar-refractivity contribution is -0.156. The number of hydrogen-bond acceptors (Lipinski definition) is 15. The Balaban J connectivity index is 2.20. The first-order chi connectivity index (χ1) is 37.9. The molecule has 0 radical (unpaired) electrons. The molecular formula is C62H110N2O14. The van der Waals surface area contributed by atoms with Crippen molar-refractivity contribution < 1.29 is 66.7 Å². The smallest absolute Gasteiger partial charge is 0.410 e. The number of carbonyl (C=O) groups excluding carboxylic acids is 7. The first kappa shape index (κ1) is 70.2. The number of nitrogens with zero attached hydrogens (tertiary/aromatic N) is 2. The average molecular weight is 1110 g/mol. The number of rotatable bonds is 45. The molecule has 452 valence electrons. The normalized spacial score (nSPS) is 17.0. The summed E-state index contributed by atoms with van der Waals surface area (Å²) in [6.07, 6.45) is 29.1. The number of ether oxygens (including phenoxy) is 7. The van der Waals surface area contributed by atoms with E-state index >= 15 is 0 Å². The van der Waals surface area contributed by atoms with Crippen LogP contribution < -0.4 is 0 Å². The Hall–Kier alpha value is -3.95. The standard InChI is InChI=1S/C62H110N2O14/c1-6-10-14-18-22-26-36-56(65)72-45-51(46-73-57(66)37-27-23-19-15-11-7-2)43-60(69)76-49-53-33-30-31-34-54(64(53)62(71)78-55-35-32-41-63(5)42-40-55)50-77-61(70)44-52(47-74-58(67)38-28-24-20-16-12-8-3)48-75-59(68)39-29-25-21-17-13-9-4/h51-55H,6-50H2,1-5H3/t53-,54-,55?/m0/s1. The number of esters is 6. The molecule has 2 aliphatic rings. The Kier molecular flexibility index (Phi) is 42.1. The van der Waals surface area contributed by atoms with Crippen LogP contribution >= 0.6 is 0 Å². The molecule has 0 N–H and O–H groups in total. The summed E-state index contributed by atoms with van der Waals surface area (Å²) in [6, 6.07) is -1.20. The van der Waals surface area contributed by atoms with E-state index in [2.05, 4.69) is 32.6 Å². The molecule has 2 heterocycles. The van der Waals surface area contributed by atoms with Gasteiger partial charge in [-0.25, -0.2) is 4.79 Å². The van der Waals surface area contributed by atoms with Gasteiger partial charge in [-0.3, -0.25) is 33.7 Å². The molecule has 3 atom stereocenters. The zero-order chi connectivity index (χ0) is 56.9. The van der Waals surface area contributed by atoms with Gasteiger partial charge in [-0.1, -0.05) is 169 Å². The molecule has 0 saturated carbocycles. The predicted octanol–water partition coefficient (Wildman–Crippen LogP) is 13.5. The molecular weight excluding hydrogens is 997 g/mol. The summed E-state index contributed by atoms with van der Waals surface area (Å²) in [6.45, 7) is 9.58. The van der Waals surface area contributed by atoms with Crippen molar-refractivity contribution in [1.29, 1.82) is 0 Å². The van der Waals surface area contributed by atoms with Crippen LogP contribution in [0.15, 0.2) is 0 Å². The lowest BCUT2D eigenvalue weighted by Crippen LogP contribution is -2.51. The molecule has 2 rings (SSSR count). The molecule has 0 aromatic heterocycles. The van der Waals surface area contributed by atoms with Crippen LogP contribution in [0.4, 0.5) is 4.79 Å². The minimum absolute atomic E-state index is 0.107. The summed E-state index contributed by atoms with van der Waals surface area (Å²) in [5.41, 5.74) is 0. The molecule has 0 spiro atoms. The Bertz CT molecular complexity index is 1450. The van der Waals surface area contributed by atoms with Crippen LogP contribution in [0, 0.1) is 11.8 Å². The van der Waals surface area contributed by atoms with Gasteiger partial charge in [0.05, 0.1) is 51.4 Å². The number of likely N-dealkylation sites (tertiary alicyclic amines) is 2. The molecule has 2 aliphatic heterocycles.